The lowest BCUT2D eigenvalue weighted by atomic mass is 9.98. The number of hydrogen-bond donors (Lipinski definition) is 2. The molecule has 1 saturated carbocycles. The van der Waals surface area contributed by atoms with Gasteiger partial charge in [0.25, 0.3) is 0 Å². The third kappa shape index (κ3) is 4.37. The predicted molar refractivity (Wildman–Crippen MR) is 132 cm³/mol. The number of nitrogens with zero attached hydrogens (tertiary/aromatic N) is 1. The first-order valence-corrected chi connectivity index (χ1v) is 11.7. The number of carbonyl (C=O) groups excluding carboxylic acids is 2. The Labute approximate surface area is 203 Å². The fraction of sp³-hybridized carbons (Fsp3) is 0.250. The van der Waals surface area contributed by atoms with Gasteiger partial charge in [0.05, 0.1) is 11.3 Å². The summed E-state index contributed by atoms with van der Waals surface area (Å²) in [4.78, 5) is 39.0. The number of fused-ring (bicyclic) bond motifs is 3. The number of alkyl carbamates (subject to hydrolysis) is 1. The highest BCUT2D eigenvalue weighted by atomic mass is 16.5. The Morgan fingerprint density at radius 2 is 1.51 bits per heavy atom. The molecule has 35 heavy (non-hydrogen) atoms. The monoisotopic (exact) mass is 470 g/mol. The van der Waals surface area contributed by atoms with E-state index in [4.69, 9.17) is 4.74 Å². The van der Waals surface area contributed by atoms with Crippen LogP contribution in [-0.2, 0) is 9.53 Å². The van der Waals surface area contributed by atoms with Crippen molar-refractivity contribution in [3.63, 3.8) is 0 Å². The van der Waals surface area contributed by atoms with Gasteiger partial charge in [0.1, 0.15) is 12.6 Å². The second kappa shape index (κ2) is 9.25. The van der Waals surface area contributed by atoms with E-state index in [1.807, 2.05) is 36.4 Å². The van der Waals surface area contributed by atoms with Crippen LogP contribution in [0.15, 0.2) is 72.8 Å². The van der Waals surface area contributed by atoms with Crippen molar-refractivity contribution in [2.75, 3.05) is 18.6 Å². The molecule has 0 spiro atoms. The number of benzene rings is 3. The van der Waals surface area contributed by atoms with Crippen molar-refractivity contribution >= 4 is 23.7 Å². The third-order valence-corrected chi connectivity index (χ3v) is 6.80. The van der Waals surface area contributed by atoms with Crippen LogP contribution in [0, 0.1) is 5.92 Å². The standard InChI is InChI=1S/C28H26N2O5/c1-30(24-13-7-6-12-22(24)27(32)33)26(31)25(17-14-15-17)29-28(34)35-16-23-20-10-4-2-8-18(20)19-9-3-5-11-21(19)23/h2-13,17,23,25H,14-16H2,1H3,(H,29,34)(H,32,33). The molecule has 1 unspecified atom stereocenters. The molecule has 0 bridgehead atoms. The first-order chi connectivity index (χ1) is 17.0. The van der Waals surface area contributed by atoms with Gasteiger partial charge in [0, 0.05) is 13.0 Å². The Balaban J connectivity index is 1.29. The molecule has 7 nitrogen and oxygen atoms in total. The zero-order chi connectivity index (χ0) is 24.5. The fourth-order valence-electron chi connectivity index (χ4n) is 4.85. The molecule has 3 aromatic rings. The molecule has 7 heteroatoms. The quantitative estimate of drug-likeness (QED) is 0.523. The molecule has 2 amide bonds. The lowest BCUT2D eigenvalue weighted by Crippen LogP contribution is -2.49. The topological polar surface area (TPSA) is 95.9 Å². The lowest BCUT2D eigenvalue weighted by molar-refractivity contribution is -0.120. The first kappa shape index (κ1) is 22.7. The van der Waals surface area contributed by atoms with Crippen LogP contribution in [0.25, 0.3) is 11.1 Å². The fourth-order valence-corrected chi connectivity index (χ4v) is 4.85. The van der Waals surface area contributed by atoms with E-state index in [1.165, 1.54) is 18.0 Å². The molecule has 178 valence electrons. The van der Waals surface area contributed by atoms with Crippen molar-refractivity contribution in [2.24, 2.45) is 5.92 Å². The summed E-state index contributed by atoms with van der Waals surface area (Å²) in [7, 11) is 1.53. The Kier molecular flexibility index (Phi) is 5.99. The largest absolute Gasteiger partial charge is 0.478 e. The van der Waals surface area contributed by atoms with Gasteiger partial charge < -0.3 is 20.1 Å². The number of nitrogens with one attached hydrogen (secondary N) is 1. The van der Waals surface area contributed by atoms with Crippen molar-refractivity contribution in [3.8, 4) is 11.1 Å². The van der Waals surface area contributed by atoms with Crippen LogP contribution in [-0.4, -0.2) is 42.8 Å². The third-order valence-electron chi connectivity index (χ3n) is 6.80. The summed E-state index contributed by atoms with van der Waals surface area (Å²) in [6.45, 7) is 0.156. The Bertz CT molecular complexity index is 1250. The molecule has 5 rings (SSSR count). The Hall–Kier alpha value is -4.13. The Morgan fingerprint density at radius 1 is 0.943 bits per heavy atom. The minimum absolute atomic E-state index is 0.00224. The zero-order valence-corrected chi connectivity index (χ0v) is 19.3. The minimum Gasteiger partial charge on any atom is -0.478 e. The molecular weight excluding hydrogens is 444 g/mol. The predicted octanol–water partition coefficient (Wildman–Crippen LogP) is 4.66. The highest BCUT2D eigenvalue weighted by molar-refractivity contribution is 6.04. The molecule has 0 radical (unpaired) electrons. The number of likely N-dealkylation sites (N-methyl/N-ethyl adjacent to an activating group) is 1. The molecule has 0 saturated heterocycles. The number of hydrogen-bond acceptors (Lipinski definition) is 4. The number of para-hydroxylation sites is 1. The summed E-state index contributed by atoms with van der Waals surface area (Å²) in [5.74, 6) is -1.56. The zero-order valence-electron chi connectivity index (χ0n) is 19.3. The summed E-state index contributed by atoms with van der Waals surface area (Å²) in [6, 6.07) is 21.7. The number of rotatable bonds is 7. The van der Waals surface area contributed by atoms with E-state index in [2.05, 4.69) is 17.4 Å². The maximum absolute atomic E-state index is 13.3. The second-order valence-corrected chi connectivity index (χ2v) is 9.00. The molecule has 3 aromatic carbocycles. The highest BCUT2D eigenvalue weighted by Gasteiger charge is 2.40. The number of aromatic carboxylic acids is 1. The summed E-state index contributed by atoms with van der Waals surface area (Å²) < 4.78 is 5.63. The van der Waals surface area contributed by atoms with Crippen molar-refractivity contribution in [2.45, 2.75) is 24.8 Å². The van der Waals surface area contributed by atoms with E-state index in [1.54, 1.807) is 18.2 Å². The van der Waals surface area contributed by atoms with Gasteiger partial charge in [-0.05, 0) is 53.1 Å². The van der Waals surface area contributed by atoms with E-state index in [-0.39, 0.29) is 35.6 Å². The van der Waals surface area contributed by atoms with Gasteiger partial charge >= 0.3 is 12.1 Å². The smallest absolute Gasteiger partial charge is 0.407 e. The van der Waals surface area contributed by atoms with Crippen LogP contribution in [0.4, 0.5) is 10.5 Å². The lowest BCUT2D eigenvalue weighted by Gasteiger charge is -2.25. The molecular formula is C28H26N2O5. The van der Waals surface area contributed by atoms with E-state index in [0.29, 0.717) is 0 Å². The molecule has 0 aromatic heterocycles. The molecule has 2 aliphatic carbocycles. The van der Waals surface area contributed by atoms with Crippen LogP contribution in [0.1, 0.15) is 40.2 Å². The Morgan fingerprint density at radius 3 is 2.11 bits per heavy atom. The summed E-state index contributed by atoms with van der Waals surface area (Å²) in [6.07, 6.45) is 0.972. The number of carboxylic acid groups (broad SMARTS) is 1. The van der Waals surface area contributed by atoms with Crippen LogP contribution in [0.5, 0.6) is 0 Å². The van der Waals surface area contributed by atoms with Gasteiger partial charge in [-0.2, -0.15) is 0 Å². The molecule has 0 aliphatic heterocycles. The molecule has 1 fully saturated rings. The number of carbonyl (C=O) groups is 3. The molecule has 2 aliphatic rings. The second-order valence-electron chi connectivity index (χ2n) is 9.00. The van der Waals surface area contributed by atoms with Crippen LogP contribution < -0.4 is 10.2 Å². The van der Waals surface area contributed by atoms with Crippen molar-refractivity contribution in [1.82, 2.24) is 5.32 Å². The maximum Gasteiger partial charge on any atom is 0.407 e. The molecule has 1 atom stereocenters. The SMILES string of the molecule is CN(C(=O)C(NC(=O)OCC1c2ccccc2-c2ccccc21)C1CC1)c1ccccc1C(=O)O. The highest BCUT2D eigenvalue weighted by Crippen LogP contribution is 2.44. The number of ether oxygens (including phenoxy) is 1. The molecule has 0 heterocycles. The average Bonchev–Trinajstić information content (AvgIpc) is 3.67. The van der Waals surface area contributed by atoms with Crippen LogP contribution in [0.3, 0.4) is 0 Å². The normalized spacial score (nSPS) is 15.0. The summed E-state index contributed by atoms with van der Waals surface area (Å²) in [5, 5.41) is 12.2. The maximum atomic E-state index is 13.3. The van der Waals surface area contributed by atoms with Crippen LogP contribution in [0.2, 0.25) is 0 Å². The first-order valence-electron chi connectivity index (χ1n) is 11.7. The van der Waals surface area contributed by atoms with Gasteiger partial charge in [0.15, 0.2) is 0 Å². The average molecular weight is 471 g/mol. The van der Waals surface area contributed by atoms with Crippen molar-refractivity contribution in [3.05, 3.63) is 89.5 Å². The minimum atomic E-state index is -1.12. The summed E-state index contributed by atoms with van der Waals surface area (Å²) in [5.41, 5.74) is 4.82. The van der Waals surface area contributed by atoms with E-state index in [0.717, 1.165) is 35.1 Å². The van der Waals surface area contributed by atoms with Gasteiger partial charge in [-0.3, -0.25) is 4.79 Å². The van der Waals surface area contributed by atoms with Crippen molar-refractivity contribution in [1.29, 1.82) is 0 Å². The summed E-state index contributed by atoms with van der Waals surface area (Å²) >= 11 is 0. The van der Waals surface area contributed by atoms with Crippen LogP contribution >= 0.6 is 0 Å². The number of anilines is 1. The van der Waals surface area contributed by atoms with Gasteiger partial charge in [-0.25, -0.2) is 9.59 Å². The van der Waals surface area contributed by atoms with Crippen molar-refractivity contribution < 1.29 is 24.2 Å². The van der Waals surface area contributed by atoms with Gasteiger partial charge in [-0.1, -0.05) is 60.7 Å². The molecule has 2 N–H and O–H groups in total. The number of carboxylic acids is 1. The van der Waals surface area contributed by atoms with E-state index >= 15 is 0 Å². The van der Waals surface area contributed by atoms with E-state index in [9.17, 15) is 19.5 Å². The van der Waals surface area contributed by atoms with Gasteiger partial charge in [0.2, 0.25) is 5.91 Å². The number of amides is 2. The van der Waals surface area contributed by atoms with Gasteiger partial charge in [-0.15, -0.1) is 0 Å². The van der Waals surface area contributed by atoms with E-state index < -0.39 is 18.1 Å².